The summed E-state index contributed by atoms with van der Waals surface area (Å²) in [5.74, 6) is 0.343. The van der Waals surface area contributed by atoms with E-state index >= 15 is 0 Å². The summed E-state index contributed by atoms with van der Waals surface area (Å²) in [4.78, 5) is 15.0. The van der Waals surface area contributed by atoms with Crippen LogP contribution in [0.2, 0.25) is 0 Å². The Balaban J connectivity index is 2.51. The molecule has 6 heteroatoms. The molecule has 50 heavy (non-hydrogen) atoms. The second kappa shape index (κ2) is 36.7. The summed E-state index contributed by atoms with van der Waals surface area (Å²) in [7, 11) is 0. The lowest BCUT2D eigenvalue weighted by molar-refractivity contribution is -0.936. The van der Waals surface area contributed by atoms with Crippen molar-refractivity contribution in [1.82, 2.24) is 4.90 Å². The quantitative estimate of drug-likeness (QED) is 0.0468. The summed E-state index contributed by atoms with van der Waals surface area (Å²) < 4.78 is 19.4. The van der Waals surface area contributed by atoms with Crippen LogP contribution < -0.4 is 0 Å². The fraction of sp³-hybridized carbons (Fsp3) is 0.977. The molecule has 0 unspecified atom stereocenters. The van der Waals surface area contributed by atoms with E-state index in [2.05, 4.69) is 25.7 Å². The van der Waals surface area contributed by atoms with Crippen LogP contribution >= 0.6 is 0 Å². The average molecular weight is 710 g/mol. The van der Waals surface area contributed by atoms with Crippen molar-refractivity contribution < 1.29 is 23.5 Å². The van der Waals surface area contributed by atoms with E-state index in [9.17, 15) is 4.79 Å². The van der Waals surface area contributed by atoms with Gasteiger partial charge in [-0.1, -0.05) is 156 Å². The number of hydrogen-bond donors (Lipinski definition) is 0. The molecule has 0 saturated carbocycles. The number of carbonyl (C=O) groups is 1. The molecule has 1 rings (SSSR count). The van der Waals surface area contributed by atoms with Gasteiger partial charge in [-0.05, 0) is 25.7 Å². The Labute approximate surface area is 313 Å². The third kappa shape index (κ3) is 28.8. The van der Waals surface area contributed by atoms with Crippen molar-refractivity contribution in [1.29, 1.82) is 0 Å². The number of likely N-dealkylation sites (tertiary alicyclic amines) is 1. The van der Waals surface area contributed by atoms with E-state index in [4.69, 9.17) is 14.2 Å². The first-order valence-corrected chi connectivity index (χ1v) is 22.5. The molecule has 1 heterocycles. The molecular weight excluding hydrogens is 620 g/mol. The van der Waals surface area contributed by atoms with Gasteiger partial charge >= 0.3 is 0 Å². The molecule has 1 aliphatic heterocycles. The van der Waals surface area contributed by atoms with E-state index < -0.39 is 0 Å². The SMILES string of the molecule is CCCCCCCCCCOCCC[N+](CCCOCCCCCCCCCC)(CCCOCCCCCCCCCC)CN1CCCC1=O. The van der Waals surface area contributed by atoms with Gasteiger partial charge in [0.25, 0.3) is 0 Å². The van der Waals surface area contributed by atoms with Gasteiger partial charge in [0.15, 0.2) is 6.67 Å². The predicted octanol–water partition coefficient (Wildman–Crippen LogP) is 12.0. The van der Waals surface area contributed by atoms with Gasteiger partial charge in [-0.2, -0.15) is 0 Å². The highest BCUT2D eigenvalue weighted by molar-refractivity contribution is 5.77. The topological polar surface area (TPSA) is 48.0 Å². The molecule has 6 nitrogen and oxygen atoms in total. The highest BCUT2D eigenvalue weighted by atomic mass is 16.5. The second-order valence-corrected chi connectivity index (χ2v) is 15.7. The van der Waals surface area contributed by atoms with Crippen LogP contribution in [0.4, 0.5) is 0 Å². The van der Waals surface area contributed by atoms with Crippen LogP contribution in [0.3, 0.4) is 0 Å². The molecule has 0 aromatic carbocycles. The average Bonchev–Trinajstić information content (AvgIpc) is 3.52. The lowest BCUT2D eigenvalue weighted by Gasteiger charge is -2.41. The van der Waals surface area contributed by atoms with Crippen LogP contribution in [0.15, 0.2) is 0 Å². The predicted molar refractivity (Wildman–Crippen MR) is 215 cm³/mol. The highest BCUT2D eigenvalue weighted by Gasteiger charge is 2.33. The number of carbonyl (C=O) groups excluding carboxylic acids is 1. The third-order valence-electron chi connectivity index (χ3n) is 10.8. The van der Waals surface area contributed by atoms with Crippen molar-refractivity contribution in [3.8, 4) is 0 Å². The van der Waals surface area contributed by atoms with Gasteiger partial charge in [0, 0.05) is 52.0 Å². The fourth-order valence-electron chi connectivity index (χ4n) is 7.59. The lowest BCUT2D eigenvalue weighted by atomic mass is 10.1. The van der Waals surface area contributed by atoms with E-state index in [1.165, 1.54) is 154 Å². The van der Waals surface area contributed by atoms with Crippen molar-refractivity contribution >= 4 is 5.91 Å². The van der Waals surface area contributed by atoms with Gasteiger partial charge in [-0.25, -0.2) is 0 Å². The van der Waals surface area contributed by atoms with Crippen LogP contribution in [0, 0.1) is 0 Å². The van der Waals surface area contributed by atoms with Crippen LogP contribution in [0.25, 0.3) is 0 Å². The summed E-state index contributed by atoms with van der Waals surface area (Å²) in [6.07, 6.45) is 36.9. The van der Waals surface area contributed by atoms with Crippen molar-refractivity contribution in [2.75, 3.05) is 72.5 Å². The number of nitrogens with zero attached hydrogens (tertiary/aromatic N) is 2. The zero-order valence-electron chi connectivity index (χ0n) is 34.3. The maximum absolute atomic E-state index is 12.8. The first-order chi connectivity index (χ1) is 24.7. The first kappa shape index (κ1) is 47.3. The van der Waals surface area contributed by atoms with Gasteiger partial charge in [0.2, 0.25) is 5.91 Å². The van der Waals surface area contributed by atoms with Gasteiger partial charge in [-0.15, -0.1) is 0 Å². The normalized spacial score (nSPS) is 13.7. The molecule has 1 aliphatic rings. The number of unbranched alkanes of at least 4 members (excludes halogenated alkanes) is 21. The van der Waals surface area contributed by atoms with Gasteiger partial charge in [0.1, 0.15) is 0 Å². The second-order valence-electron chi connectivity index (χ2n) is 15.7. The van der Waals surface area contributed by atoms with E-state index in [1.807, 2.05) is 0 Å². The molecule has 298 valence electrons. The van der Waals surface area contributed by atoms with Crippen LogP contribution in [-0.2, 0) is 19.0 Å². The van der Waals surface area contributed by atoms with E-state index in [0.29, 0.717) is 12.3 Å². The zero-order valence-corrected chi connectivity index (χ0v) is 34.3. The molecule has 0 N–H and O–H groups in total. The zero-order chi connectivity index (χ0) is 36.1. The molecule has 0 bridgehead atoms. The molecule has 1 amide bonds. The number of ether oxygens (including phenoxy) is 3. The van der Waals surface area contributed by atoms with Crippen molar-refractivity contribution in [2.45, 2.75) is 207 Å². The molecule has 0 radical (unpaired) electrons. The summed E-state index contributed by atoms with van der Waals surface area (Å²) in [6, 6.07) is 0. The third-order valence-corrected chi connectivity index (χ3v) is 10.8. The number of rotatable bonds is 41. The Morgan fingerprint density at radius 3 is 1.04 bits per heavy atom. The Kier molecular flexibility index (Phi) is 34.7. The first-order valence-electron chi connectivity index (χ1n) is 22.5. The van der Waals surface area contributed by atoms with Crippen molar-refractivity contribution in [2.24, 2.45) is 0 Å². The van der Waals surface area contributed by atoms with Gasteiger partial charge in [-0.3, -0.25) is 9.69 Å². The smallest absolute Gasteiger partial charge is 0.226 e. The van der Waals surface area contributed by atoms with Crippen LogP contribution in [-0.4, -0.2) is 87.8 Å². The molecule has 0 aliphatic carbocycles. The molecule has 0 aromatic heterocycles. The van der Waals surface area contributed by atoms with E-state index in [-0.39, 0.29) is 0 Å². The summed E-state index contributed by atoms with van der Waals surface area (Å²) in [5.41, 5.74) is 0. The lowest BCUT2D eigenvalue weighted by Crippen LogP contribution is -2.56. The highest BCUT2D eigenvalue weighted by Crippen LogP contribution is 2.19. The molecule has 0 aromatic rings. The monoisotopic (exact) mass is 710 g/mol. The Hall–Kier alpha value is -0.690. The van der Waals surface area contributed by atoms with Crippen LogP contribution in [0.1, 0.15) is 207 Å². The Morgan fingerprint density at radius 1 is 0.440 bits per heavy atom. The number of hydrogen-bond acceptors (Lipinski definition) is 4. The maximum atomic E-state index is 12.8. The summed E-state index contributed by atoms with van der Waals surface area (Å²) >= 11 is 0. The standard InChI is InChI=1S/C44H89N2O4/c1-4-7-10-13-16-19-22-25-37-48-40-29-34-46(43-45-33-28-32-44(45)47,35-30-41-49-38-26-23-20-17-14-11-8-5-2)36-31-42-50-39-27-24-21-18-15-12-9-6-3/h4-43H2,1-3H3/q+1. The largest absolute Gasteiger partial charge is 0.381 e. The summed E-state index contributed by atoms with van der Waals surface area (Å²) in [6.45, 7) is 17.0. The maximum Gasteiger partial charge on any atom is 0.226 e. The fourth-order valence-corrected chi connectivity index (χ4v) is 7.59. The minimum Gasteiger partial charge on any atom is -0.381 e. The number of quaternary nitrogens is 1. The minimum atomic E-state index is 0.343. The van der Waals surface area contributed by atoms with E-state index in [1.54, 1.807) is 0 Å². The number of amides is 1. The molecular formula is C44H89N2O4+. The molecule has 1 fully saturated rings. The molecule has 0 atom stereocenters. The van der Waals surface area contributed by atoms with Gasteiger partial charge in [0.05, 0.1) is 39.5 Å². The Bertz CT molecular complexity index is 636. The summed E-state index contributed by atoms with van der Waals surface area (Å²) in [5, 5.41) is 0. The minimum absolute atomic E-state index is 0.343. The van der Waals surface area contributed by atoms with Crippen molar-refractivity contribution in [3.63, 3.8) is 0 Å². The van der Waals surface area contributed by atoms with Gasteiger partial charge < -0.3 is 18.7 Å². The van der Waals surface area contributed by atoms with Crippen LogP contribution in [0.5, 0.6) is 0 Å². The van der Waals surface area contributed by atoms with Crippen molar-refractivity contribution in [3.05, 3.63) is 0 Å². The van der Waals surface area contributed by atoms with E-state index in [0.717, 1.165) is 103 Å². The molecule has 0 spiro atoms. The molecule has 1 saturated heterocycles. The Morgan fingerprint density at radius 2 is 0.740 bits per heavy atom.